The highest BCUT2D eigenvalue weighted by atomic mass is 32.1. The fraction of sp³-hybridized carbons (Fsp3) is 0.524. The average molecular weight is 441 g/mol. The van der Waals surface area contributed by atoms with Crippen LogP contribution >= 0.6 is 11.3 Å². The summed E-state index contributed by atoms with van der Waals surface area (Å²) in [6, 6.07) is 5.16. The highest BCUT2D eigenvalue weighted by Crippen LogP contribution is 2.37. The molecule has 0 saturated carbocycles. The molecule has 2 aliphatic rings. The van der Waals surface area contributed by atoms with Crippen molar-refractivity contribution in [1.29, 1.82) is 0 Å². The number of piperidine rings is 1. The van der Waals surface area contributed by atoms with Crippen LogP contribution in [0.2, 0.25) is 0 Å². The van der Waals surface area contributed by atoms with Gasteiger partial charge in [-0.3, -0.25) is 14.8 Å². The Morgan fingerprint density at radius 3 is 2.74 bits per heavy atom. The lowest BCUT2D eigenvalue weighted by molar-refractivity contribution is -0.131. The molecule has 0 radical (unpaired) electrons. The van der Waals surface area contributed by atoms with E-state index in [-0.39, 0.29) is 5.91 Å². The molecule has 9 nitrogen and oxygen atoms in total. The SMILES string of the molecule is Cc1cc(Nc2nc(NC3CC4CCC(C3)N4CC(=O)N(C)C)nc3ccsc23)n[nH]1. The van der Waals surface area contributed by atoms with Crippen LogP contribution in [0.3, 0.4) is 0 Å². The molecule has 0 spiro atoms. The number of carbonyl (C=O) groups excluding carboxylic acids is 1. The minimum atomic E-state index is 0.180. The van der Waals surface area contributed by atoms with Gasteiger partial charge >= 0.3 is 0 Å². The van der Waals surface area contributed by atoms with Crippen molar-refractivity contribution >= 4 is 45.0 Å². The predicted molar refractivity (Wildman–Crippen MR) is 123 cm³/mol. The summed E-state index contributed by atoms with van der Waals surface area (Å²) in [6.45, 7) is 2.49. The van der Waals surface area contributed by atoms with E-state index < -0.39 is 0 Å². The third-order valence-corrected chi connectivity index (χ3v) is 7.20. The maximum absolute atomic E-state index is 12.2. The van der Waals surface area contributed by atoms with E-state index in [1.807, 2.05) is 38.5 Å². The molecule has 2 atom stereocenters. The van der Waals surface area contributed by atoms with Crippen molar-refractivity contribution in [1.82, 2.24) is 30.0 Å². The van der Waals surface area contributed by atoms with E-state index in [0.29, 0.717) is 30.6 Å². The molecule has 5 rings (SSSR count). The highest BCUT2D eigenvalue weighted by Gasteiger charge is 2.41. The summed E-state index contributed by atoms with van der Waals surface area (Å²) in [7, 11) is 3.65. The minimum absolute atomic E-state index is 0.180. The van der Waals surface area contributed by atoms with Gasteiger partial charge in [-0.15, -0.1) is 11.3 Å². The molecule has 0 aromatic carbocycles. The number of carbonyl (C=O) groups is 1. The van der Waals surface area contributed by atoms with E-state index in [4.69, 9.17) is 9.97 Å². The molecule has 2 saturated heterocycles. The summed E-state index contributed by atoms with van der Waals surface area (Å²) in [5, 5.41) is 16.2. The summed E-state index contributed by atoms with van der Waals surface area (Å²) in [5.41, 5.74) is 1.92. The molecule has 5 heterocycles. The second-order valence-corrected chi connectivity index (χ2v) is 9.67. The third kappa shape index (κ3) is 4.09. The largest absolute Gasteiger partial charge is 0.351 e. The predicted octanol–water partition coefficient (Wildman–Crippen LogP) is 2.96. The van der Waals surface area contributed by atoms with Crippen LogP contribution in [-0.2, 0) is 4.79 Å². The van der Waals surface area contributed by atoms with Crippen LogP contribution in [0.5, 0.6) is 0 Å². The molecule has 2 aliphatic heterocycles. The quantitative estimate of drug-likeness (QED) is 0.542. The summed E-state index contributed by atoms with van der Waals surface area (Å²) < 4.78 is 1.02. The molecule has 2 unspecified atom stereocenters. The van der Waals surface area contributed by atoms with Crippen LogP contribution in [0.15, 0.2) is 17.5 Å². The molecule has 3 aromatic rings. The number of hydrogen-bond acceptors (Lipinski definition) is 8. The molecular weight excluding hydrogens is 412 g/mol. The summed E-state index contributed by atoms with van der Waals surface area (Å²) >= 11 is 1.62. The first-order valence-corrected chi connectivity index (χ1v) is 11.6. The van der Waals surface area contributed by atoms with Crippen molar-refractivity contribution in [3.05, 3.63) is 23.2 Å². The zero-order valence-corrected chi connectivity index (χ0v) is 18.9. The second kappa shape index (κ2) is 8.08. The van der Waals surface area contributed by atoms with E-state index in [0.717, 1.165) is 53.2 Å². The Labute approximate surface area is 185 Å². The van der Waals surface area contributed by atoms with Gasteiger partial charge in [-0.2, -0.15) is 10.1 Å². The summed E-state index contributed by atoms with van der Waals surface area (Å²) in [4.78, 5) is 25.8. The maximum Gasteiger partial charge on any atom is 0.236 e. The number of likely N-dealkylation sites (N-methyl/N-ethyl adjacent to an activating group) is 1. The number of H-pyrrole nitrogens is 1. The zero-order chi connectivity index (χ0) is 21.5. The number of anilines is 3. The van der Waals surface area contributed by atoms with Gasteiger partial charge in [0.15, 0.2) is 11.6 Å². The Kier molecular flexibility index (Phi) is 5.27. The number of aromatic nitrogens is 4. The number of aryl methyl sites for hydroxylation is 1. The van der Waals surface area contributed by atoms with Gasteiger partial charge in [-0.05, 0) is 44.1 Å². The van der Waals surface area contributed by atoms with Crippen molar-refractivity contribution in [2.75, 3.05) is 31.3 Å². The van der Waals surface area contributed by atoms with Gasteiger partial charge in [0.2, 0.25) is 11.9 Å². The average Bonchev–Trinajstić information content (AvgIpc) is 3.41. The Morgan fingerprint density at radius 1 is 1.29 bits per heavy atom. The van der Waals surface area contributed by atoms with E-state index in [1.165, 1.54) is 0 Å². The van der Waals surface area contributed by atoms with Gasteiger partial charge < -0.3 is 15.5 Å². The number of hydrogen-bond donors (Lipinski definition) is 3. The Bertz CT molecular complexity index is 1080. The first kappa shape index (κ1) is 20.2. The number of fused-ring (bicyclic) bond motifs is 3. The second-order valence-electron chi connectivity index (χ2n) is 8.75. The van der Waals surface area contributed by atoms with E-state index in [9.17, 15) is 4.79 Å². The van der Waals surface area contributed by atoms with Crippen molar-refractivity contribution in [3.8, 4) is 0 Å². The first-order valence-electron chi connectivity index (χ1n) is 10.7. The molecule has 3 N–H and O–H groups in total. The third-order valence-electron chi connectivity index (χ3n) is 6.29. The van der Waals surface area contributed by atoms with Crippen LogP contribution in [0.4, 0.5) is 17.6 Å². The number of aromatic amines is 1. The number of thiophene rings is 1. The van der Waals surface area contributed by atoms with Gasteiger partial charge in [-0.25, -0.2) is 4.98 Å². The van der Waals surface area contributed by atoms with Crippen molar-refractivity contribution in [2.24, 2.45) is 0 Å². The maximum atomic E-state index is 12.2. The molecule has 2 bridgehead atoms. The van der Waals surface area contributed by atoms with Gasteiger partial charge in [0.25, 0.3) is 0 Å². The van der Waals surface area contributed by atoms with Crippen molar-refractivity contribution in [2.45, 2.75) is 50.7 Å². The lowest BCUT2D eigenvalue weighted by atomic mass is 9.97. The van der Waals surface area contributed by atoms with E-state index >= 15 is 0 Å². The Morgan fingerprint density at radius 2 is 2.06 bits per heavy atom. The van der Waals surface area contributed by atoms with Crippen LogP contribution in [0.1, 0.15) is 31.4 Å². The normalized spacial score (nSPS) is 23.3. The number of nitrogens with zero attached hydrogens (tertiary/aromatic N) is 5. The minimum Gasteiger partial charge on any atom is -0.351 e. The molecule has 0 aliphatic carbocycles. The number of rotatable bonds is 6. The lowest BCUT2D eigenvalue weighted by Gasteiger charge is -2.39. The van der Waals surface area contributed by atoms with E-state index in [1.54, 1.807) is 16.2 Å². The lowest BCUT2D eigenvalue weighted by Crippen LogP contribution is -2.50. The van der Waals surface area contributed by atoms with Gasteiger partial charge in [0, 0.05) is 44.0 Å². The van der Waals surface area contributed by atoms with Crippen LogP contribution in [-0.4, -0.2) is 74.6 Å². The number of amides is 1. The summed E-state index contributed by atoms with van der Waals surface area (Å²) in [6.07, 6.45) is 4.31. The number of nitrogens with one attached hydrogen (secondary N) is 3. The van der Waals surface area contributed by atoms with Gasteiger partial charge in [-0.1, -0.05) is 0 Å². The monoisotopic (exact) mass is 440 g/mol. The molecule has 31 heavy (non-hydrogen) atoms. The Balaban J connectivity index is 1.32. The molecule has 164 valence electrons. The fourth-order valence-corrected chi connectivity index (χ4v) is 5.52. The standard InChI is InChI=1S/C21H28N8OS/c1-12-8-17(27-26-12)24-20-19-16(6-7-31-19)23-21(25-20)22-13-9-14-4-5-15(10-13)29(14)11-18(30)28(2)3/h6-8,13-15H,4-5,9-11H2,1-3H3,(H3,22,23,24,25,26,27). The van der Waals surface area contributed by atoms with Crippen LogP contribution in [0, 0.1) is 6.92 Å². The molecule has 3 aromatic heterocycles. The topological polar surface area (TPSA) is 102 Å². The first-order chi connectivity index (χ1) is 15.0. The highest BCUT2D eigenvalue weighted by molar-refractivity contribution is 7.17. The smallest absolute Gasteiger partial charge is 0.236 e. The van der Waals surface area contributed by atoms with Crippen LogP contribution < -0.4 is 10.6 Å². The fourth-order valence-electron chi connectivity index (χ4n) is 4.75. The van der Waals surface area contributed by atoms with Crippen molar-refractivity contribution < 1.29 is 4.79 Å². The van der Waals surface area contributed by atoms with E-state index in [2.05, 4.69) is 25.7 Å². The Hall–Kier alpha value is -2.72. The van der Waals surface area contributed by atoms with Gasteiger partial charge in [0.1, 0.15) is 0 Å². The summed E-state index contributed by atoms with van der Waals surface area (Å²) in [5.74, 6) is 2.33. The van der Waals surface area contributed by atoms with Crippen molar-refractivity contribution in [3.63, 3.8) is 0 Å². The molecular formula is C21H28N8OS. The molecule has 10 heteroatoms. The van der Waals surface area contributed by atoms with Crippen LogP contribution in [0.25, 0.3) is 10.2 Å². The molecule has 2 fully saturated rings. The zero-order valence-electron chi connectivity index (χ0n) is 18.1. The van der Waals surface area contributed by atoms with Gasteiger partial charge in [0.05, 0.1) is 16.8 Å². The molecule has 1 amide bonds.